The van der Waals surface area contributed by atoms with Crippen LogP contribution in [-0.2, 0) is 9.53 Å². The van der Waals surface area contributed by atoms with Crippen LogP contribution in [0.5, 0.6) is 5.75 Å². The first-order valence-corrected chi connectivity index (χ1v) is 5.87. The predicted octanol–water partition coefficient (Wildman–Crippen LogP) is 2.28. The number of hydrogen-bond acceptors (Lipinski definition) is 3. The van der Waals surface area contributed by atoms with Gasteiger partial charge < -0.3 is 14.8 Å². The van der Waals surface area contributed by atoms with Crippen molar-refractivity contribution in [3.05, 3.63) is 24.3 Å². The summed E-state index contributed by atoms with van der Waals surface area (Å²) in [4.78, 5) is 11.3. The molecule has 1 N–H and O–H groups in total. The number of anilines is 1. The summed E-state index contributed by atoms with van der Waals surface area (Å²) in [6.07, 6.45) is 0.313. The van der Waals surface area contributed by atoms with Crippen LogP contribution in [0.4, 0.5) is 5.69 Å². The van der Waals surface area contributed by atoms with E-state index in [-0.39, 0.29) is 5.91 Å². The van der Waals surface area contributed by atoms with E-state index < -0.39 is 0 Å². The zero-order valence-corrected chi connectivity index (χ0v) is 10.5. The Morgan fingerprint density at radius 2 is 2.00 bits per heavy atom. The van der Waals surface area contributed by atoms with Crippen molar-refractivity contribution >= 4 is 23.2 Å². The van der Waals surface area contributed by atoms with E-state index in [1.54, 1.807) is 31.4 Å². The zero-order chi connectivity index (χ0) is 12.5. The molecule has 4 nitrogen and oxygen atoms in total. The highest BCUT2D eigenvalue weighted by atomic mass is 35.5. The first-order chi connectivity index (χ1) is 8.26. The van der Waals surface area contributed by atoms with Gasteiger partial charge in [-0.1, -0.05) is 0 Å². The molecule has 0 saturated carbocycles. The molecule has 1 amide bonds. The third-order valence-corrected chi connectivity index (χ3v) is 2.20. The van der Waals surface area contributed by atoms with Gasteiger partial charge in [0.15, 0.2) is 0 Å². The molecule has 0 aliphatic rings. The first kappa shape index (κ1) is 13.8. The van der Waals surface area contributed by atoms with E-state index in [0.29, 0.717) is 25.5 Å². The highest BCUT2D eigenvalue weighted by Gasteiger charge is 2.01. The maximum atomic E-state index is 11.3. The Bertz CT molecular complexity index is 340. The van der Waals surface area contributed by atoms with Crippen molar-refractivity contribution in [1.82, 2.24) is 0 Å². The molecule has 0 heterocycles. The summed E-state index contributed by atoms with van der Waals surface area (Å²) in [6.45, 7) is 1.06. The normalized spacial score (nSPS) is 10.0. The van der Waals surface area contributed by atoms with Crippen molar-refractivity contribution < 1.29 is 14.3 Å². The van der Waals surface area contributed by atoms with Crippen molar-refractivity contribution in [3.63, 3.8) is 0 Å². The number of rotatable bonds is 7. The second-order valence-corrected chi connectivity index (χ2v) is 3.73. The largest absolute Gasteiger partial charge is 0.491 e. The van der Waals surface area contributed by atoms with Crippen LogP contribution in [0.15, 0.2) is 24.3 Å². The van der Waals surface area contributed by atoms with Gasteiger partial charge in [-0.2, -0.15) is 0 Å². The monoisotopic (exact) mass is 257 g/mol. The Morgan fingerprint density at radius 3 is 2.59 bits per heavy atom. The van der Waals surface area contributed by atoms with E-state index in [9.17, 15) is 4.79 Å². The van der Waals surface area contributed by atoms with E-state index in [2.05, 4.69) is 5.32 Å². The smallest absolute Gasteiger partial charge is 0.225 e. The van der Waals surface area contributed by atoms with Crippen molar-refractivity contribution in [3.8, 4) is 5.75 Å². The zero-order valence-electron chi connectivity index (χ0n) is 9.74. The van der Waals surface area contributed by atoms with Crippen LogP contribution in [-0.4, -0.2) is 32.1 Å². The Morgan fingerprint density at radius 1 is 1.29 bits per heavy atom. The third kappa shape index (κ3) is 5.56. The topological polar surface area (TPSA) is 47.6 Å². The van der Waals surface area contributed by atoms with Crippen LogP contribution in [0, 0.1) is 0 Å². The van der Waals surface area contributed by atoms with Crippen LogP contribution in [0.3, 0.4) is 0 Å². The molecule has 0 bridgehead atoms. The Kier molecular flexibility index (Phi) is 6.43. The molecule has 0 aliphatic carbocycles. The summed E-state index contributed by atoms with van der Waals surface area (Å²) >= 11 is 5.47. The van der Waals surface area contributed by atoms with Gasteiger partial charge in [-0.05, 0) is 24.3 Å². The van der Waals surface area contributed by atoms with E-state index in [0.717, 1.165) is 11.4 Å². The summed E-state index contributed by atoms with van der Waals surface area (Å²) < 4.78 is 10.3. The number of nitrogens with one attached hydrogen (secondary N) is 1. The Labute approximate surface area is 106 Å². The minimum Gasteiger partial charge on any atom is -0.491 e. The maximum Gasteiger partial charge on any atom is 0.225 e. The highest BCUT2D eigenvalue weighted by molar-refractivity contribution is 6.19. The third-order valence-electron chi connectivity index (χ3n) is 2.02. The SMILES string of the molecule is COCCOc1ccc(NC(=O)CCCl)cc1. The average molecular weight is 258 g/mol. The van der Waals surface area contributed by atoms with Crippen LogP contribution < -0.4 is 10.1 Å². The van der Waals surface area contributed by atoms with Gasteiger partial charge in [-0.15, -0.1) is 11.6 Å². The first-order valence-electron chi connectivity index (χ1n) is 5.34. The molecule has 0 aromatic heterocycles. The van der Waals surface area contributed by atoms with Gasteiger partial charge in [0.25, 0.3) is 0 Å². The average Bonchev–Trinajstić information content (AvgIpc) is 2.32. The molecule has 1 aromatic carbocycles. The molecule has 0 radical (unpaired) electrons. The van der Waals surface area contributed by atoms with Gasteiger partial charge in [0, 0.05) is 25.1 Å². The Balaban J connectivity index is 2.41. The van der Waals surface area contributed by atoms with Gasteiger partial charge in [0.05, 0.1) is 6.61 Å². The number of amides is 1. The van der Waals surface area contributed by atoms with Crippen LogP contribution >= 0.6 is 11.6 Å². The minimum atomic E-state index is -0.0898. The number of hydrogen-bond donors (Lipinski definition) is 1. The maximum absolute atomic E-state index is 11.3. The fourth-order valence-electron chi connectivity index (χ4n) is 1.19. The molecule has 0 unspecified atom stereocenters. The van der Waals surface area contributed by atoms with Crippen molar-refractivity contribution in [1.29, 1.82) is 0 Å². The van der Waals surface area contributed by atoms with Crippen molar-refractivity contribution in [2.75, 3.05) is 31.5 Å². The number of halogens is 1. The quantitative estimate of drug-likeness (QED) is 0.602. The Hall–Kier alpha value is -1.26. The number of alkyl halides is 1. The number of benzene rings is 1. The van der Waals surface area contributed by atoms with Crippen LogP contribution in [0.1, 0.15) is 6.42 Å². The molecule has 94 valence electrons. The van der Waals surface area contributed by atoms with E-state index in [4.69, 9.17) is 21.1 Å². The lowest BCUT2D eigenvalue weighted by Gasteiger charge is -2.07. The summed E-state index contributed by atoms with van der Waals surface area (Å²) in [5.41, 5.74) is 0.735. The molecule has 0 atom stereocenters. The molecule has 0 fully saturated rings. The lowest BCUT2D eigenvalue weighted by molar-refractivity contribution is -0.115. The van der Waals surface area contributed by atoms with Crippen LogP contribution in [0.2, 0.25) is 0 Å². The van der Waals surface area contributed by atoms with Crippen molar-refractivity contribution in [2.45, 2.75) is 6.42 Å². The van der Waals surface area contributed by atoms with Gasteiger partial charge in [0.1, 0.15) is 12.4 Å². The molecule has 0 saturated heterocycles. The lowest BCUT2D eigenvalue weighted by Crippen LogP contribution is -2.11. The standard InChI is InChI=1S/C12H16ClNO3/c1-16-8-9-17-11-4-2-10(3-5-11)14-12(15)6-7-13/h2-5H,6-9H2,1H3,(H,14,15). The number of carbonyl (C=O) groups is 1. The second-order valence-electron chi connectivity index (χ2n) is 3.35. The number of carbonyl (C=O) groups excluding carboxylic acids is 1. The molecule has 0 aliphatic heterocycles. The predicted molar refractivity (Wildman–Crippen MR) is 67.8 cm³/mol. The van der Waals surface area contributed by atoms with Gasteiger partial charge in [-0.25, -0.2) is 0 Å². The summed E-state index contributed by atoms with van der Waals surface area (Å²) in [7, 11) is 1.62. The van der Waals surface area contributed by atoms with Crippen LogP contribution in [0.25, 0.3) is 0 Å². The van der Waals surface area contributed by atoms with Crippen molar-refractivity contribution in [2.24, 2.45) is 0 Å². The van der Waals surface area contributed by atoms with Gasteiger partial charge in [0.2, 0.25) is 5.91 Å². The molecule has 0 spiro atoms. The summed E-state index contributed by atoms with van der Waals surface area (Å²) in [6, 6.07) is 7.17. The molecule has 1 rings (SSSR count). The second kappa shape index (κ2) is 7.92. The van der Waals surface area contributed by atoms with E-state index in [1.165, 1.54) is 0 Å². The van der Waals surface area contributed by atoms with Gasteiger partial charge >= 0.3 is 0 Å². The molecular formula is C12H16ClNO3. The fourth-order valence-corrected chi connectivity index (χ4v) is 1.36. The summed E-state index contributed by atoms with van der Waals surface area (Å²) in [5.74, 6) is 0.981. The molecule has 17 heavy (non-hydrogen) atoms. The molecule has 5 heteroatoms. The van der Waals surface area contributed by atoms with Gasteiger partial charge in [-0.3, -0.25) is 4.79 Å². The minimum absolute atomic E-state index is 0.0898. The lowest BCUT2D eigenvalue weighted by atomic mass is 10.3. The molecule has 1 aromatic rings. The summed E-state index contributed by atoms with van der Waals surface area (Å²) in [5, 5.41) is 2.73. The molecular weight excluding hydrogens is 242 g/mol. The van der Waals surface area contributed by atoms with E-state index in [1.807, 2.05) is 0 Å². The highest BCUT2D eigenvalue weighted by Crippen LogP contribution is 2.15. The van der Waals surface area contributed by atoms with E-state index >= 15 is 0 Å². The number of ether oxygens (including phenoxy) is 2. The number of methoxy groups -OCH3 is 1. The fraction of sp³-hybridized carbons (Fsp3) is 0.417.